The van der Waals surface area contributed by atoms with Crippen molar-refractivity contribution in [3.63, 3.8) is 0 Å². The van der Waals surface area contributed by atoms with Crippen LogP contribution in [0.1, 0.15) is 90.4 Å². The van der Waals surface area contributed by atoms with E-state index in [-0.39, 0.29) is 35.8 Å². The fraction of sp³-hybridized carbons (Fsp3) is 0.354. The Hall–Kier alpha value is -6.27. The number of nitrogens with one attached hydrogen (secondary N) is 3. The monoisotopic (exact) mass is 807 g/mol. The third kappa shape index (κ3) is 8.98. The van der Waals surface area contributed by atoms with Crippen molar-refractivity contribution in [3.05, 3.63) is 138 Å². The first kappa shape index (κ1) is 40.5. The van der Waals surface area contributed by atoms with E-state index in [0.29, 0.717) is 24.2 Å². The lowest BCUT2D eigenvalue weighted by molar-refractivity contribution is -0.139. The van der Waals surface area contributed by atoms with Gasteiger partial charge in [0, 0.05) is 31.2 Å². The van der Waals surface area contributed by atoms with Crippen LogP contribution in [-0.4, -0.2) is 94.4 Å². The summed E-state index contributed by atoms with van der Waals surface area (Å²) >= 11 is 0. The second-order valence-electron chi connectivity index (χ2n) is 16.0. The number of hydrogen-bond donors (Lipinski definition) is 3. The maximum absolute atomic E-state index is 14.3. The van der Waals surface area contributed by atoms with Crippen molar-refractivity contribution in [2.45, 2.75) is 69.1 Å². The molecule has 8 rings (SSSR count). The summed E-state index contributed by atoms with van der Waals surface area (Å²) in [5.74, 6) is 0.522. The topological polar surface area (TPSA) is 140 Å². The minimum atomic E-state index is -0.892. The number of amides is 4. The lowest BCUT2D eigenvalue weighted by atomic mass is 10.00. The summed E-state index contributed by atoms with van der Waals surface area (Å²) in [6, 6.07) is 33.6. The Morgan fingerprint density at radius 3 is 2.00 bits per heavy atom. The molecule has 3 N–H and O–H groups in total. The smallest absolute Gasteiger partial charge is 0.407 e. The number of rotatable bonds is 12. The molecule has 0 radical (unpaired) electrons. The highest BCUT2D eigenvalue weighted by Crippen LogP contribution is 2.36. The first-order valence-electron chi connectivity index (χ1n) is 21.2. The summed E-state index contributed by atoms with van der Waals surface area (Å²) in [4.78, 5) is 68.0. The Balaban J connectivity index is 0.882. The fourth-order valence-electron chi connectivity index (χ4n) is 9.03. The number of carbonyl (C=O) groups is 4. The summed E-state index contributed by atoms with van der Waals surface area (Å²) < 4.78 is 4.79. The van der Waals surface area contributed by atoms with Crippen LogP contribution >= 0.6 is 0 Å². The Bertz CT molecular complexity index is 2240. The van der Waals surface area contributed by atoms with Crippen LogP contribution in [0.25, 0.3) is 22.4 Å². The highest BCUT2D eigenvalue weighted by Gasteiger charge is 2.39. The van der Waals surface area contributed by atoms with E-state index in [1.807, 2.05) is 71.8 Å². The number of H-pyrrole nitrogens is 1. The van der Waals surface area contributed by atoms with Gasteiger partial charge in [-0.3, -0.25) is 19.3 Å². The van der Waals surface area contributed by atoms with Crippen molar-refractivity contribution in [2.75, 3.05) is 39.8 Å². The van der Waals surface area contributed by atoms with Gasteiger partial charge in [0.25, 0.3) is 5.91 Å². The number of nitrogens with zero attached hydrogens (tertiary/aromatic N) is 4. The summed E-state index contributed by atoms with van der Waals surface area (Å²) in [5, 5.41) is 5.70. The molecule has 0 aliphatic carbocycles. The van der Waals surface area contributed by atoms with E-state index in [1.165, 1.54) is 13.5 Å². The van der Waals surface area contributed by atoms with Crippen molar-refractivity contribution >= 4 is 23.8 Å². The number of likely N-dealkylation sites (tertiary alicyclic amines) is 3. The van der Waals surface area contributed by atoms with Gasteiger partial charge in [0.05, 0.1) is 25.0 Å². The Morgan fingerprint density at radius 1 is 0.700 bits per heavy atom. The van der Waals surface area contributed by atoms with Crippen LogP contribution in [0, 0.1) is 0 Å². The van der Waals surface area contributed by atoms with E-state index in [2.05, 4.69) is 56.9 Å². The summed E-state index contributed by atoms with van der Waals surface area (Å²) in [5.41, 5.74) is 6.12. The molecule has 0 bridgehead atoms. The minimum Gasteiger partial charge on any atom is -0.453 e. The molecule has 4 aromatic carbocycles. The standard InChI is InChI=1S/C48H53N7O5/c1-60-48(59)52-42(36-13-5-2-6-14-36)46(57)54-29-11-17-39(54)31-50-45(56)38-25-21-34(22-26-38)33-19-23-35(24-20-33)40-32-49-44(51-40)41-18-12-30-55(41)47(58)43(37-15-7-3-8-16-37)53-27-9-4-10-28-53/h2-3,5-8,13-16,19-26,32,39,41-43H,4,9-12,17-18,27-31H2,1H3,(H,49,51)(H,50,56)(H,52,59)/t39-,41-,42+,43+/m0/s1. The molecule has 12 nitrogen and oxygen atoms in total. The largest absolute Gasteiger partial charge is 0.453 e. The molecule has 4 atom stereocenters. The SMILES string of the molecule is COC(=O)N[C@@H](C(=O)N1CCC[C@H]1CNC(=O)c1ccc(-c2ccc(-c3cnc([C@@H]4CCCN4C(=O)[C@@H](c4ccccc4)N4CCCCC4)[nH]3)cc2)cc1)c1ccccc1. The van der Waals surface area contributed by atoms with Gasteiger partial charge >= 0.3 is 6.09 Å². The number of aromatic nitrogens is 2. The van der Waals surface area contributed by atoms with Crippen molar-refractivity contribution in [1.82, 2.24) is 35.3 Å². The maximum atomic E-state index is 14.3. The predicted molar refractivity (Wildman–Crippen MR) is 230 cm³/mol. The van der Waals surface area contributed by atoms with Crippen molar-refractivity contribution in [1.29, 1.82) is 0 Å². The van der Waals surface area contributed by atoms with Gasteiger partial charge in [0.15, 0.2) is 0 Å². The summed E-state index contributed by atoms with van der Waals surface area (Å²) in [6.45, 7) is 3.43. The molecular weight excluding hydrogens is 755 g/mol. The second kappa shape index (κ2) is 18.8. The lowest BCUT2D eigenvalue weighted by Gasteiger charge is -2.37. The number of piperidine rings is 1. The second-order valence-corrected chi connectivity index (χ2v) is 16.0. The van der Waals surface area contributed by atoms with Gasteiger partial charge in [-0.25, -0.2) is 9.78 Å². The van der Waals surface area contributed by atoms with Crippen LogP contribution in [-0.2, 0) is 14.3 Å². The van der Waals surface area contributed by atoms with E-state index in [1.54, 1.807) is 17.0 Å². The molecule has 3 aliphatic heterocycles. The van der Waals surface area contributed by atoms with Crippen LogP contribution in [0.3, 0.4) is 0 Å². The van der Waals surface area contributed by atoms with Crippen molar-refractivity contribution < 1.29 is 23.9 Å². The number of benzene rings is 4. The number of alkyl carbamates (subject to hydrolysis) is 1. The van der Waals surface area contributed by atoms with Gasteiger partial charge in [-0.1, -0.05) is 103 Å². The quantitative estimate of drug-likeness (QED) is 0.119. The van der Waals surface area contributed by atoms with Gasteiger partial charge in [-0.2, -0.15) is 0 Å². The molecular formula is C48H53N7O5. The molecule has 4 amide bonds. The van der Waals surface area contributed by atoms with Gasteiger partial charge in [0.1, 0.15) is 17.9 Å². The van der Waals surface area contributed by atoms with Gasteiger partial charge in [-0.15, -0.1) is 0 Å². The Kier molecular flexibility index (Phi) is 12.7. The maximum Gasteiger partial charge on any atom is 0.407 e. The number of carbonyl (C=O) groups excluding carboxylic acids is 4. The Morgan fingerprint density at radius 2 is 1.32 bits per heavy atom. The average molecular weight is 808 g/mol. The number of imidazole rings is 1. The van der Waals surface area contributed by atoms with E-state index in [9.17, 15) is 19.2 Å². The van der Waals surface area contributed by atoms with Crippen LogP contribution in [0.2, 0.25) is 0 Å². The molecule has 3 fully saturated rings. The van der Waals surface area contributed by atoms with Crippen LogP contribution in [0.5, 0.6) is 0 Å². The van der Waals surface area contributed by atoms with Crippen molar-refractivity contribution in [2.24, 2.45) is 0 Å². The fourth-order valence-corrected chi connectivity index (χ4v) is 9.03. The van der Waals surface area contributed by atoms with E-state index in [4.69, 9.17) is 9.72 Å². The zero-order chi connectivity index (χ0) is 41.4. The van der Waals surface area contributed by atoms with Crippen molar-refractivity contribution in [3.8, 4) is 22.4 Å². The van der Waals surface area contributed by atoms with Crippen LogP contribution < -0.4 is 10.6 Å². The molecule has 0 saturated carbocycles. The molecule has 12 heteroatoms. The minimum absolute atomic E-state index is 0.0980. The third-order valence-corrected chi connectivity index (χ3v) is 12.2. The summed E-state index contributed by atoms with van der Waals surface area (Å²) in [7, 11) is 1.27. The number of aromatic amines is 1. The van der Waals surface area contributed by atoms with Gasteiger partial charge < -0.3 is 30.2 Å². The number of hydrogen-bond acceptors (Lipinski definition) is 7. The number of methoxy groups -OCH3 is 1. The van der Waals surface area contributed by atoms with E-state index < -0.39 is 12.1 Å². The predicted octanol–water partition coefficient (Wildman–Crippen LogP) is 7.45. The molecule has 3 saturated heterocycles. The first-order valence-corrected chi connectivity index (χ1v) is 21.2. The zero-order valence-electron chi connectivity index (χ0n) is 34.1. The van der Waals surface area contributed by atoms with Gasteiger partial charge in [-0.05, 0) is 91.6 Å². The summed E-state index contributed by atoms with van der Waals surface area (Å²) in [6.07, 6.45) is 7.98. The molecule has 3 aliphatic rings. The average Bonchev–Trinajstić information content (AvgIpc) is 4.11. The van der Waals surface area contributed by atoms with Crippen LogP contribution in [0.15, 0.2) is 115 Å². The lowest BCUT2D eigenvalue weighted by Crippen LogP contribution is -2.48. The molecule has 5 aromatic rings. The molecule has 0 spiro atoms. The third-order valence-electron chi connectivity index (χ3n) is 12.2. The highest BCUT2D eigenvalue weighted by atomic mass is 16.5. The molecule has 60 heavy (non-hydrogen) atoms. The normalized spacial score (nSPS) is 19.1. The van der Waals surface area contributed by atoms with Crippen LogP contribution in [0.4, 0.5) is 4.79 Å². The Labute approximate surface area is 351 Å². The molecule has 1 aromatic heterocycles. The van der Waals surface area contributed by atoms with E-state index >= 15 is 0 Å². The number of ether oxygens (including phenoxy) is 1. The molecule has 0 unspecified atom stereocenters. The van der Waals surface area contributed by atoms with E-state index in [0.717, 1.165) is 91.9 Å². The first-order chi connectivity index (χ1) is 29.4. The highest BCUT2D eigenvalue weighted by molar-refractivity contribution is 5.95. The van der Waals surface area contributed by atoms with Gasteiger partial charge in [0.2, 0.25) is 11.8 Å². The molecule has 4 heterocycles. The zero-order valence-corrected chi connectivity index (χ0v) is 34.1. The molecule has 310 valence electrons.